The zero-order valence-electron chi connectivity index (χ0n) is 29.5. The van der Waals surface area contributed by atoms with Gasteiger partial charge in [0.1, 0.15) is 11.2 Å². The quantitative estimate of drug-likeness (QED) is 0.164. The molecular formula is C49H31N5O. The summed E-state index contributed by atoms with van der Waals surface area (Å²) in [6.07, 6.45) is 0. The predicted molar refractivity (Wildman–Crippen MR) is 221 cm³/mol. The smallest absolute Gasteiger partial charge is 0.164 e. The molecule has 10 rings (SSSR count). The van der Waals surface area contributed by atoms with Crippen LogP contribution >= 0.6 is 0 Å². The van der Waals surface area contributed by atoms with Crippen LogP contribution in [-0.2, 0) is 0 Å². The molecule has 0 saturated heterocycles. The number of furan rings is 1. The molecule has 0 aliphatic carbocycles. The molecule has 258 valence electrons. The number of para-hydroxylation sites is 2. The van der Waals surface area contributed by atoms with Crippen LogP contribution in [0.2, 0.25) is 0 Å². The normalized spacial score (nSPS) is 11.3. The van der Waals surface area contributed by atoms with Crippen LogP contribution in [0.5, 0.6) is 0 Å². The lowest BCUT2D eigenvalue weighted by Crippen LogP contribution is -2.00. The summed E-state index contributed by atoms with van der Waals surface area (Å²) in [5.74, 6) is 2.50. The van der Waals surface area contributed by atoms with Crippen molar-refractivity contribution in [2.24, 2.45) is 0 Å². The molecule has 7 aromatic carbocycles. The first-order chi connectivity index (χ1) is 27.2. The molecule has 0 saturated carbocycles. The van der Waals surface area contributed by atoms with Crippen LogP contribution in [0.1, 0.15) is 0 Å². The predicted octanol–water partition coefficient (Wildman–Crippen LogP) is 12.2. The van der Waals surface area contributed by atoms with Crippen LogP contribution in [0.15, 0.2) is 192 Å². The first-order valence-corrected chi connectivity index (χ1v) is 18.2. The maximum Gasteiger partial charge on any atom is 0.164 e. The minimum Gasteiger partial charge on any atom is -0.455 e. The van der Waals surface area contributed by atoms with Gasteiger partial charge >= 0.3 is 0 Å². The Bertz CT molecular complexity index is 2850. The summed E-state index contributed by atoms with van der Waals surface area (Å²) >= 11 is 0. The molecule has 10 aromatic rings. The first-order valence-electron chi connectivity index (χ1n) is 18.2. The molecule has 6 nitrogen and oxygen atoms in total. The summed E-state index contributed by atoms with van der Waals surface area (Å²) in [5, 5.41) is 2.04. The average Bonchev–Trinajstić information content (AvgIpc) is 3.67. The lowest BCUT2D eigenvalue weighted by molar-refractivity contribution is 0.671. The minimum absolute atomic E-state index is 0.598. The number of nitrogens with zero attached hydrogens (tertiary/aromatic N) is 5. The molecule has 0 spiro atoms. The third-order valence-electron chi connectivity index (χ3n) is 9.76. The van der Waals surface area contributed by atoms with Gasteiger partial charge in [-0.25, -0.2) is 24.9 Å². The highest BCUT2D eigenvalue weighted by molar-refractivity contribution is 6.13. The molecule has 0 N–H and O–H groups in total. The highest BCUT2D eigenvalue weighted by atomic mass is 16.3. The zero-order valence-corrected chi connectivity index (χ0v) is 29.5. The fourth-order valence-electron chi connectivity index (χ4n) is 7.07. The molecule has 0 radical (unpaired) electrons. The monoisotopic (exact) mass is 705 g/mol. The Labute approximate surface area is 317 Å². The van der Waals surface area contributed by atoms with Crippen molar-refractivity contribution in [1.82, 2.24) is 24.9 Å². The highest BCUT2D eigenvalue weighted by Crippen LogP contribution is 2.41. The number of aromatic nitrogens is 5. The third-order valence-corrected chi connectivity index (χ3v) is 9.76. The maximum atomic E-state index is 6.91. The summed E-state index contributed by atoms with van der Waals surface area (Å²) in [6, 6.07) is 63.3. The zero-order chi connectivity index (χ0) is 36.6. The van der Waals surface area contributed by atoms with Crippen molar-refractivity contribution in [1.29, 1.82) is 0 Å². The number of hydrogen-bond acceptors (Lipinski definition) is 6. The van der Waals surface area contributed by atoms with E-state index in [4.69, 9.17) is 29.3 Å². The van der Waals surface area contributed by atoms with Crippen molar-refractivity contribution in [3.63, 3.8) is 0 Å². The molecule has 3 heterocycles. The average molecular weight is 706 g/mol. The molecule has 0 atom stereocenters. The molecule has 6 heteroatoms. The van der Waals surface area contributed by atoms with Gasteiger partial charge in [0.25, 0.3) is 0 Å². The Hall–Kier alpha value is -7.57. The van der Waals surface area contributed by atoms with Crippen LogP contribution < -0.4 is 0 Å². The third kappa shape index (κ3) is 6.11. The van der Waals surface area contributed by atoms with Crippen LogP contribution in [-0.4, -0.2) is 24.9 Å². The minimum atomic E-state index is 0.598. The largest absolute Gasteiger partial charge is 0.455 e. The Morgan fingerprint density at radius 3 is 1.24 bits per heavy atom. The maximum absolute atomic E-state index is 6.91. The van der Waals surface area contributed by atoms with Crippen molar-refractivity contribution in [3.05, 3.63) is 188 Å². The molecule has 0 amide bonds. The molecule has 0 aliphatic rings. The van der Waals surface area contributed by atoms with Crippen molar-refractivity contribution in [2.45, 2.75) is 0 Å². The number of hydrogen-bond donors (Lipinski definition) is 0. The van der Waals surface area contributed by atoms with Gasteiger partial charge in [0, 0.05) is 49.7 Å². The van der Waals surface area contributed by atoms with Crippen molar-refractivity contribution in [3.8, 4) is 79.2 Å². The van der Waals surface area contributed by atoms with E-state index in [0.29, 0.717) is 23.3 Å². The van der Waals surface area contributed by atoms with Crippen LogP contribution in [0, 0.1) is 0 Å². The Morgan fingerprint density at radius 1 is 0.273 bits per heavy atom. The lowest BCUT2D eigenvalue weighted by Gasteiger charge is -2.10. The van der Waals surface area contributed by atoms with Gasteiger partial charge in [-0.1, -0.05) is 170 Å². The fourth-order valence-corrected chi connectivity index (χ4v) is 7.07. The highest BCUT2D eigenvalue weighted by Gasteiger charge is 2.19. The summed E-state index contributed by atoms with van der Waals surface area (Å²) in [5.41, 5.74) is 10.8. The van der Waals surface area contributed by atoms with Crippen LogP contribution in [0.4, 0.5) is 0 Å². The second kappa shape index (κ2) is 13.8. The van der Waals surface area contributed by atoms with E-state index in [0.717, 1.165) is 77.8 Å². The van der Waals surface area contributed by atoms with Crippen molar-refractivity contribution >= 4 is 21.9 Å². The van der Waals surface area contributed by atoms with Gasteiger partial charge in [-0.2, -0.15) is 0 Å². The first kappa shape index (κ1) is 32.1. The van der Waals surface area contributed by atoms with E-state index in [1.165, 1.54) is 0 Å². The van der Waals surface area contributed by atoms with E-state index < -0.39 is 0 Å². The van der Waals surface area contributed by atoms with Gasteiger partial charge in [0.05, 0.1) is 11.4 Å². The van der Waals surface area contributed by atoms with E-state index in [9.17, 15) is 0 Å². The van der Waals surface area contributed by atoms with E-state index in [1.54, 1.807) is 0 Å². The van der Waals surface area contributed by atoms with E-state index in [-0.39, 0.29) is 0 Å². The summed E-state index contributed by atoms with van der Waals surface area (Å²) in [4.78, 5) is 24.9. The SMILES string of the molecule is c1ccc(-c2cc(-c3cccc4c3oc3c(-c5cccc(-c6nc(-c7ccccc7)nc(-c7ccccc7)n6)c5)cccc34)nc(-c3ccccc3)n2)cc1. The van der Waals surface area contributed by atoms with Gasteiger partial charge < -0.3 is 4.42 Å². The van der Waals surface area contributed by atoms with Crippen molar-refractivity contribution < 1.29 is 4.42 Å². The standard InChI is InChI=1S/C49H31N5O/c1-5-16-32(17-6-1)42-31-43(51-46(50-42)33-18-7-2-8-19-33)41-29-15-28-40-39-27-14-26-38(44(39)55-45(40)41)36-24-13-25-37(30-36)49-53-47(34-20-9-3-10-21-34)52-48(54-49)35-22-11-4-12-23-35/h1-31H. The molecule has 0 fully saturated rings. The second-order valence-corrected chi connectivity index (χ2v) is 13.3. The van der Waals surface area contributed by atoms with E-state index in [2.05, 4.69) is 66.7 Å². The molecule has 0 aliphatic heterocycles. The fraction of sp³-hybridized carbons (Fsp3) is 0. The lowest BCUT2D eigenvalue weighted by atomic mass is 9.99. The Morgan fingerprint density at radius 2 is 0.673 bits per heavy atom. The molecule has 55 heavy (non-hydrogen) atoms. The van der Waals surface area contributed by atoms with Crippen LogP contribution in [0.3, 0.4) is 0 Å². The van der Waals surface area contributed by atoms with Gasteiger partial charge in [-0.3, -0.25) is 0 Å². The molecule has 0 bridgehead atoms. The number of fused-ring (bicyclic) bond motifs is 3. The van der Waals surface area contributed by atoms with Gasteiger partial charge in [-0.15, -0.1) is 0 Å². The molecular weight excluding hydrogens is 675 g/mol. The Balaban J connectivity index is 1.11. The molecule has 3 aromatic heterocycles. The number of benzene rings is 7. The summed E-state index contributed by atoms with van der Waals surface area (Å²) in [7, 11) is 0. The van der Waals surface area contributed by atoms with Gasteiger partial charge in [-0.05, 0) is 23.8 Å². The summed E-state index contributed by atoms with van der Waals surface area (Å²) < 4.78 is 6.91. The topological polar surface area (TPSA) is 77.6 Å². The Kier molecular flexibility index (Phi) is 8.04. The molecule has 0 unspecified atom stereocenters. The van der Waals surface area contributed by atoms with E-state index in [1.807, 2.05) is 121 Å². The van der Waals surface area contributed by atoms with E-state index >= 15 is 0 Å². The van der Waals surface area contributed by atoms with Crippen molar-refractivity contribution in [2.75, 3.05) is 0 Å². The van der Waals surface area contributed by atoms with Crippen LogP contribution in [0.25, 0.3) is 101 Å². The number of rotatable bonds is 7. The summed E-state index contributed by atoms with van der Waals surface area (Å²) in [6.45, 7) is 0. The van der Waals surface area contributed by atoms with Gasteiger partial charge in [0.15, 0.2) is 23.3 Å². The second-order valence-electron chi connectivity index (χ2n) is 13.3. The van der Waals surface area contributed by atoms with Gasteiger partial charge in [0.2, 0.25) is 0 Å².